The Morgan fingerprint density at radius 3 is 2.82 bits per heavy atom. The lowest BCUT2D eigenvalue weighted by atomic mass is 10.1. The first kappa shape index (κ1) is 19.7. The number of hydrogen-bond acceptors (Lipinski definition) is 4. The number of carbonyl (C=O) groups is 1. The maximum absolute atomic E-state index is 12.6. The summed E-state index contributed by atoms with van der Waals surface area (Å²) in [7, 11) is 5.28. The summed E-state index contributed by atoms with van der Waals surface area (Å²) in [6, 6.07) is 6.24. The number of rotatable bonds is 5. The fourth-order valence-corrected chi connectivity index (χ4v) is 3.35. The first-order valence-corrected chi connectivity index (χ1v) is 9.40. The highest BCUT2D eigenvalue weighted by Crippen LogP contribution is 2.19. The number of aliphatic imine (C=N–C) groups is 1. The van der Waals surface area contributed by atoms with Gasteiger partial charge in [0.2, 0.25) is 5.91 Å². The molecule has 28 heavy (non-hydrogen) atoms. The van der Waals surface area contributed by atoms with Crippen molar-refractivity contribution in [3.8, 4) is 5.75 Å². The number of nitrogens with zero attached hydrogens (tertiary/aromatic N) is 5. The summed E-state index contributed by atoms with van der Waals surface area (Å²) < 4.78 is 7.09. The molecule has 0 atom stereocenters. The molecule has 0 spiro atoms. The molecule has 1 aliphatic heterocycles. The average molecular weight is 384 g/mol. The van der Waals surface area contributed by atoms with Crippen molar-refractivity contribution in [2.45, 2.75) is 13.3 Å². The second-order valence-corrected chi connectivity index (χ2v) is 6.87. The van der Waals surface area contributed by atoms with E-state index in [1.54, 1.807) is 29.9 Å². The van der Waals surface area contributed by atoms with Gasteiger partial charge >= 0.3 is 0 Å². The third-order valence-corrected chi connectivity index (χ3v) is 4.90. The Bertz CT molecular complexity index is 860. The molecule has 3 rings (SSSR count). The number of anilines is 1. The molecule has 1 amide bonds. The van der Waals surface area contributed by atoms with Gasteiger partial charge in [0.05, 0.1) is 19.0 Å². The summed E-state index contributed by atoms with van der Waals surface area (Å²) in [5, 5.41) is 7.51. The molecule has 0 aliphatic carbocycles. The first-order valence-electron chi connectivity index (χ1n) is 9.40. The van der Waals surface area contributed by atoms with Crippen LogP contribution in [0, 0.1) is 6.92 Å². The van der Waals surface area contributed by atoms with Crippen molar-refractivity contribution in [2.24, 2.45) is 12.0 Å². The lowest BCUT2D eigenvalue weighted by Crippen LogP contribution is -2.55. The van der Waals surface area contributed by atoms with E-state index in [0.717, 1.165) is 42.5 Å². The van der Waals surface area contributed by atoms with Gasteiger partial charge in [-0.25, -0.2) is 0 Å². The Labute approximate surface area is 165 Å². The normalized spacial score (nSPS) is 15.1. The van der Waals surface area contributed by atoms with Crippen molar-refractivity contribution in [1.29, 1.82) is 0 Å². The second kappa shape index (κ2) is 8.77. The highest BCUT2D eigenvalue weighted by molar-refractivity contribution is 5.98. The number of benzene rings is 1. The van der Waals surface area contributed by atoms with Gasteiger partial charge in [0, 0.05) is 39.9 Å². The molecule has 150 valence electrons. The quantitative estimate of drug-likeness (QED) is 0.619. The Hall–Kier alpha value is -3.03. The molecule has 0 bridgehead atoms. The molecular weight excluding hydrogens is 356 g/mol. The van der Waals surface area contributed by atoms with Gasteiger partial charge in [-0.15, -0.1) is 0 Å². The summed E-state index contributed by atoms with van der Waals surface area (Å²) in [6.45, 7) is 4.40. The standard InChI is InChI=1S/C20H28N6O2/c1-15-5-6-16(11-18(15)28-4)7-8-22-20(21-2)25-9-10-26(19(27)14-25)17-12-23-24(3)13-17/h5-6,11-13H,7-10,14H2,1-4H3,(H,21,22). The third-order valence-electron chi connectivity index (χ3n) is 4.90. The molecule has 1 fully saturated rings. The number of piperazine rings is 1. The van der Waals surface area contributed by atoms with Crippen molar-refractivity contribution < 1.29 is 9.53 Å². The molecule has 2 aromatic rings. The molecule has 1 saturated heterocycles. The summed E-state index contributed by atoms with van der Waals surface area (Å²) in [4.78, 5) is 20.7. The number of nitrogens with one attached hydrogen (secondary N) is 1. The van der Waals surface area contributed by atoms with Gasteiger partial charge in [0.1, 0.15) is 12.3 Å². The summed E-state index contributed by atoms with van der Waals surface area (Å²) >= 11 is 0. The van der Waals surface area contributed by atoms with E-state index >= 15 is 0 Å². The van der Waals surface area contributed by atoms with E-state index in [1.165, 1.54) is 5.56 Å². The molecule has 1 aliphatic rings. The van der Waals surface area contributed by atoms with E-state index in [2.05, 4.69) is 33.6 Å². The highest BCUT2D eigenvalue weighted by Gasteiger charge is 2.27. The van der Waals surface area contributed by atoms with Crippen LogP contribution in [-0.4, -0.2) is 66.9 Å². The smallest absolute Gasteiger partial charge is 0.246 e. The number of aromatic nitrogens is 2. The van der Waals surface area contributed by atoms with Gasteiger partial charge in [0.25, 0.3) is 0 Å². The molecule has 1 aromatic carbocycles. The molecule has 8 heteroatoms. The molecule has 8 nitrogen and oxygen atoms in total. The van der Waals surface area contributed by atoms with E-state index < -0.39 is 0 Å². The van der Waals surface area contributed by atoms with Crippen LogP contribution in [0.1, 0.15) is 11.1 Å². The maximum Gasteiger partial charge on any atom is 0.246 e. The van der Waals surface area contributed by atoms with E-state index in [4.69, 9.17) is 4.74 Å². The van der Waals surface area contributed by atoms with E-state index in [0.29, 0.717) is 13.1 Å². The Kier molecular flexibility index (Phi) is 6.18. The van der Waals surface area contributed by atoms with Crippen LogP contribution < -0.4 is 15.0 Å². The number of amides is 1. The highest BCUT2D eigenvalue weighted by atomic mass is 16.5. The predicted octanol–water partition coefficient (Wildman–Crippen LogP) is 1.20. The van der Waals surface area contributed by atoms with Gasteiger partial charge in [-0.3, -0.25) is 14.5 Å². The van der Waals surface area contributed by atoms with Gasteiger partial charge in [-0.05, 0) is 30.5 Å². The minimum absolute atomic E-state index is 0.0467. The van der Waals surface area contributed by atoms with Crippen LogP contribution in [0.3, 0.4) is 0 Å². The molecule has 0 radical (unpaired) electrons. The molecule has 0 saturated carbocycles. The summed E-state index contributed by atoms with van der Waals surface area (Å²) in [5.41, 5.74) is 3.16. The summed E-state index contributed by atoms with van der Waals surface area (Å²) in [5.74, 6) is 1.70. The van der Waals surface area contributed by atoms with Crippen LogP contribution in [0.5, 0.6) is 5.75 Å². The molecule has 1 N–H and O–H groups in total. The Balaban J connectivity index is 1.54. The minimum atomic E-state index is 0.0467. The van der Waals surface area contributed by atoms with Crippen LogP contribution in [-0.2, 0) is 18.3 Å². The van der Waals surface area contributed by atoms with Crippen molar-refractivity contribution in [1.82, 2.24) is 20.0 Å². The Morgan fingerprint density at radius 1 is 1.36 bits per heavy atom. The molecular formula is C20H28N6O2. The van der Waals surface area contributed by atoms with E-state index in [1.807, 2.05) is 25.1 Å². The number of guanidine groups is 1. The van der Waals surface area contributed by atoms with Crippen LogP contribution in [0.25, 0.3) is 0 Å². The monoisotopic (exact) mass is 384 g/mol. The molecule has 2 heterocycles. The van der Waals surface area contributed by atoms with Gasteiger partial charge in [-0.1, -0.05) is 12.1 Å². The van der Waals surface area contributed by atoms with Crippen LogP contribution in [0.15, 0.2) is 35.6 Å². The minimum Gasteiger partial charge on any atom is -0.496 e. The fourth-order valence-electron chi connectivity index (χ4n) is 3.35. The maximum atomic E-state index is 12.6. The van der Waals surface area contributed by atoms with Crippen molar-refractivity contribution in [3.05, 3.63) is 41.7 Å². The van der Waals surface area contributed by atoms with Gasteiger partial charge in [-0.2, -0.15) is 5.10 Å². The molecule has 0 unspecified atom stereocenters. The number of carbonyl (C=O) groups excluding carboxylic acids is 1. The summed E-state index contributed by atoms with van der Waals surface area (Å²) in [6.07, 6.45) is 4.42. The lowest BCUT2D eigenvalue weighted by molar-refractivity contribution is -0.120. The van der Waals surface area contributed by atoms with Crippen molar-refractivity contribution in [2.75, 3.05) is 45.2 Å². The topological polar surface area (TPSA) is 75.0 Å². The lowest BCUT2D eigenvalue weighted by Gasteiger charge is -2.35. The van der Waals surface area contributed by atoms with Gasteiger partial charge in [0.15, 0.2) is 5.96 Å². The first-order chi connectivity index (χ1) is 13.5. The van der Waals surface area contributed by atoms with Crippen LogP contribution in [0.2, 0.25) is 0 Å². The zero-order valence-corrected chi connectivity index (χ0v) is 17.0. The Morgan fingerprint density at radius 2 is 2.18 bits per heavy atom. The second-order valence-electron chi connectivity index (χ2n) is 6.87. The predicted molar refractivity (Wildman–Crippen MR) is 110 cm³/mol. The number of hydrogen-bond donors (Lipinski definition) is 1. The third kappa shape index (κ3) is 4.44. The van der Waals surface area contributed by atoms with Crippen molar-refractivity contribution >= 4 is 17.6 Å². The number of ether oxygens (including phenoxy) is 1. The largest absolute Gasteiger partial charge is 0.496 e. The van der Waals surface area contributed by atoms with Crippen molar-refractivity contribution in [3.63, 3.8) is 0 Å². The number of aryl methyl sites for hydroxylation is 2. The van der Waals surface area contributed by atoms with Gasteiger partial charge < -0.3 is 19.9 Å². The zero-order chi connectivity index (χ0) is 20.1. The number of methoxy groups -OCH3 is 1. The van der Waals surface area contributed by atoms with E-state index in [-0.39, 0.29) is 5.91 Å². The SMILES string of the molecule is CN=C(NCCc1ccc(C)c(OC)c1)N1CCN(c2cnn(C)c2)C(=O)C1. The van der Waals surface area contributed by atoms with E-state index in [9.17, 15) is 4.79 Å². The molecule has 1 aromatic heterocycles. The average Bonchev–Trinajstić information content (AvgIpc) is 3.12. The zero-order valence-electron chi connectivity index (χ0n) is 17.0. The fraction of sp³-hybridized carbons (Fsp3) is 0.450. The van der Waals surface area contributed by atoms with Crippen LogP contribution >= 0.6 is 0 Å². The van der Waals surface area contributed by atoms with Crippen LogP contribution in [0.4, 0.5) is 5.69 Å².